The predicted molar refractivity (Wildman–Crippen MR) is 107 cm³/mol. The second-order valence-electron chi connectivity index (χ2n) is 6.52. The van der Waals surface area contributed by atoms with E-state index in [1.807, 2.05) is 48.5 Å². The van der Waals surface area contributed by atoms with Crippen molar-refractivity contribution in [3.05, 3.63) is 83.9 Å². The summed E-state index contributed by atoms with van der Waals surface area (Å²) in [5, 5.41) is 5.76. The number of rotatable bonds is 7. The Kier molecular flexibility index (Phi) is 6.22. The van der Waals surface area contributed by atoms with Crippen LogP contribution in [0.3, 0.4) is 0 Å². The number of methoxy groups -OCH3 is 2. The van der Waals surface area contributed by atoms with Gasteiger partial charge in [0, 0.05) is 13.2 Å². The van der Waals surface area contributed by atoms with Gasteiger partial charge in [0.2, 0.25) is 0 Å². The van der Waals surface area contributed by atoms with Crippen LogP contribution in [-0.2, 0) is 14.3 Å². The quantitative estimate of drug-likeness (QED) is 0.631. The molecule has 0 heterocycles. The largest absolute Gasteiger partial charge is 0.468 e. The molecule has 1 N–H and O–H groups in total. The molecule has 3 rings (SSSR count). The van der Waals surface area contributed by atoms with E-state index in [1.54, 1.807) is 7.11 Å². The summed E-state index contributed by atoms with van der Waals surface area (Å²) in [5.74, 6) is -0.349. The van der Waals surface area contributed by atoms with Crippen molar-refractivity contribution in [1.29, 1.82) is 0 Å². The Bertz CT molecular complexity index is 889. The fourth-order valence-corrected chi connectivity index (χ4v) is 3.50. The Labute approximate surface area is 160 Å². The number of fused-ring (bicyclic) bond motifs is 1. The number of nitrogens with one attached hydrogen (secondary N) is 1. The Morgan fingerprint density at radius 1 is 0.889 bits per heavy atom. The molecule has 0 aromatic heterocycles. The number of esters is 1. The highest BCUT2D eigenvalue weighted by molar-refractivity contribution is 5.86. The van der Waals surface area contributed by atoms with Gasteiger partial charge in [-0.15, -0.1) is 0 Å². The molecule has 3 atom stereocenters. The number of hydrogen-bond acceptors (Lipinski definition) is 4. The molecule has 4 nitrogen and oxygen atoms in total. The summed E-state index contributed by atoms with van der Waals surface area (Å²) in [6.45, 7) is 2.05. The first-order valence-corrected chi connectivity index (χ1v) is 9.05. The van der Waals surface area contributed by atoms with Gasteiger partial charge in [-0.25, -0.2) is 0 Å². The van der Waals surface area contributed by atoms with E-state index in [0.29, 0.717) is 0 Å². The highest BCUT2D eigenvalue weighted by atomic mass is 16.5. The third-order valence-corrected chi connectivity index (χ3v) is 4.86. The Morgan fingerprint density at radius 3 is 2.26 bits per heavy atom. The van der Waals surface area contributed by atoms with Crippen molar-refractivity contribution in [3.63, 3.8) is 0 Å². The molecular formula is C23H25NO3. The lowest BCUT2D eigenvalue weighted by atomic mass is 9.97. The fraction of sp³-hybridized carbons (Fsp3) is 0.261. The molecule has 0 bridgehead atoms. The van der Waals surface area contributed by atoms with Gasteiger partial charge in [-0.05, 0) is 28.8 Å². The summed E-state index contributed by atoms with van der Waals surface area (Å²) < 4.78 is 10.7. The van der Waals surface area contributed by atoms with Crippen molar-refractivity contribution < 1.29 is 14.3 Å². The second kappa shape index (κ2) is 8.80. The summed E-state index contributed by atoms with van der Waals surface area (Å²) in [5.41, 5.74) is 2.05. The minimum atomic E-state index is -0.628. The van der Waals surface area contributed by atoms with Gasteiger partial charge in [0.1, 0.15) is 12.1 Å². The van der Waals surface area contributed by atoms with Gasteiger partial charge in [-0.2, -0.15) is 0 Å². The number of benzene rings is 3. The summed E-state index contributed by atoms with van der Waals surface area (Å²) in [6, 6.07) is 23.5. The van der Waals surface area contributed by atoms with E-state index >= 15 is 0 Å². The lowest BCUT2D eigenvalue weighted by molar-refractivity contribution is -0.147. The molecule has 3 aromatic rings. The molecule has 0 amide bonds. The summed E-state index contributed by atoms with van der Waals surface area (Å²) in [4.78, 5) is 12.6. The van der Waals surface area contributed by atoms with E-state index in [2.05, 4.69) is 36.5 Å². The molecule has 27 heavy (non-hydrogen) atoms. The molecule has 0 aliphatic heterocycles. The maximum absolute atomic E-state index is 12.6. The Balaban J connectivity index is 1.93. The minimum absolute atomic E-state index is 0.0680. The molecule has 3 unspecified atom stereocenters. The number of carbonyl (C=O) groups is 1. The maximum Gasteiger partial charge on any atom is 0.325 e. The normalized spacial score (nSPS) is 14.5. The zero-order chi connectivity index (χ0) is 19.2. The van der Waals surface area contributed by atoms with E-state index in [9.17, 15) is 4.79 Å². The molecule has 0 spiro atoms. The minimum Gasteiger partial charge on any atom is -0.468 e. The van der Waals surface area contributed by atoms with Gasteiger partial charge in [0.15, 0.2) is 0 Å². The second-order valence-corrected chi connectivity index (χ2v) is 6.52. The topological polar surface area (TPSA) is 47.6 Å². The van der Waals surface area contributed by atoms with E-state index in [1.165, 1.54) is 12.5 Å². The van der Waals surface area contributed by atoms with Gasteiger partial charge in [-0.3, -0.25) is 10.1 Å². The SMILES string of the molecule is COC(=O)C(NC(C)c1cccc2ccccc12)C(OC)c1ccccc1. The van der Waals surface area contributed by atoms with E-state index in [-0.39, 0.29) is 12.0 Å². The van der Waals surface area contributed by atoms with Crippen molar-refractivity contribution in [1.82, 2.24) is 5.32 Å². The van der Waals surface area contributed by atoms with Crippen molar-refractivity contribution >= 4 is 16.7 Å². The first kappa shape index (κ1) is 19.1. The van der Waals surface area contributed by atoms with Crippen LogP contribution in [-0.4, -0.2) is 26.2 Å². The van der Waals surface area contributed by atoms with Gasteiger partial charge in [-0.1, -0.05) is 72.8 Å². The highest BCUT2D eigenvalue weighted by Gasteiger charge is 2.32. The Hall–Kier alpha value is -2.69. The Morgan fingerprint density at radius 2 is 1.56 bits per heavy atom. The van der Waals surface area contributed by atoms with Crippen LogP contribution in [0.4, 0.5) is 0 Å². The van der Waals surface area contributed by atoms with Crippen LogP contribution in [0.25, 0.3) is 10.8 Å². The molecule has 0 aliphatic carbocycles. The number of carbonyl (C=O) groups excluding carboxylic acids is 1. The lowest BCUT2D eigenvalue weighted by Crippen LogP contribution is -2.44. The first-order valence-electron chi connectivity index (χ1n) is 9.05. The predicted octanol–water partition coefficient (Wildman–Crippen LogP) is 4.42. The summed E-state index contributed by atoms with van der Waals surface area (Å²) in [7, 11) is 3.01. The molecule has 0 fully saturated rings. The molecule has 0 radical (unpaired) electrons. The first-order chi connectivity index (χ1) is 13.2. The van der Waals surface area contributed by atoms with E-state index < -0.39 is 12.1 Å². The molecule has 140 valence electrons. The third-order valence-electron chi connectivity index (χ3n) is 4.86. The van der Waals surface area contributed by atoms with Gasteiger partial charge in [0.05, 0.1) is 7.11 Å². The van der Waals surface area contributed by atoms with Crippen molar-refractivity contribution in [2.24, 2.45) is 0 Å². The highest BCUT2D eigenvalue weighted by Crippen LogP contribution is 2.27. The van der Waals surface area contributed by atoms with Crippen LogP contribution < -0.4 is 5.32 Å². The van der Waals surface area contributed by atoms with Crippen LogP contribution in [0.15, 0.2) is 72.8 Å². The van der Waals surface area contributed by atoms with Crippen LogP contribution in [0.5, 0.6) is 0 Å². The smallest absolute Gasteiger partial charge is 0.325 e. The van der Waals surface area contributed by atoms with Gasteiger partial charge >= 0.3 is 5.97 Å². The van der Waals surface area contributed by atoms with Crippen LogP contribution >= 0.6 is 0 Å². The fourth-order valence-electron chi connectivity index (χ4n) is 3.50. The third kappa shape index (κ3) is 4.18. The molecule has 4 heteroatoms. The molecule has 0 saturated heterocycles. The van der Waals surface area contributed by atoms with Crippen molar-refractivity contribution in [3.8, 4) is 0 Å². The van der Waals surface area contributed by atoms with Gasteiger partial charge < -0.3 is 9.47 Å². The number of ether oxygens (including phenoxy) is 2. The van der Waals surface area contributed by atoms with Crippen LogP contribution in [0.1, 0.15) is 30.2 Å². The average molecular weight is 363 g/mol. The van der Waals surface area contributed by atoms with Crippen LogP contribution in [0.2, 0.25) is 0 Å². The monoisotopic (exact) mass is 363 g/mol. The molecular weight excluding hydrogens is 338 g/mol. The zero-order valence-corrected chi connectivity index (χ0v) is 15.9. The standard InChI is InChI=1S/C23H25NO3/c1-16(19-15-9-13-17-10-7-8-14-20(17)19)24-21(23(25)27-3)22(26-2)18-11-5-4-6-12-18/h4-16,21-22,24H,1-3H3. The molecule has 3 aromatic carbocycles. The number of hydrogen-bond donors (Lipinski definition) is 1. The van der Waals surface area contributed by atoms with Crippen LogP contribution in [0, 0.1) is 0 Å². The van der Waals surface area contributed by atoms with E-state index in [4.69, 9.17) is 9.47 Å². The summed E-state index contributed by atoms with van der Waals surface area (Å²) >= 11 is 0. The van der Waals surface area contributed by atoms with E-state index in [0.717, 1.165) is 16.5 Å². The van der Waals surface area contributed by atoms with Gasteiger partial charge in [0.25, 0.3) is 0 Å². The molecule has 0 saturated carbocycles. The van der Waals surface area contributed by atoms with Crippen molar-refractivity contribution in [2.75, 3.05) is 14.2 Å². The zero-order valence-electron chi connectivity index (χ0n) is 15.9. The maximum atomic E-state index is 12.6. The van der Waals surface area contributed by atoms with Crippen molar-refractivity contribution in [2.45, 2.75) is 25.1 Å². The molecule has 0 aliphatic rings. The average Bonchev–Trinajstić information content (AvgIpc) is 2.73. The lowest BCUT2D eigenvalue weighted by Gasteiger charge is -2.29. The summed E-state index contributed by atoms with van der Waals surface area (Å²) in [6.07, 6.45) is -0.448.